The first kappa shape index (κ1) is 8.02. The van der Waals surface area contributed by atoms with E-state index in [0.29, 0.717) is 5.49 Å². The van der Waals surface area contributed by atoms with Crippen LogP contribution in [0.3, 0.4) is 0 Å². The lowest BCUT2D eigenvalue weighted by atomic mass is 10.1. The van der Waals surface area contributed by atoms with E-state index in [1.54, 1.807) is 11.3 Å². The molecule has 15 heavy (non-hydrogen) atoms. The second-order valence-electron chi connectivity index (χ2n) is 3.38. The molecule has 3 rings (SSSR count). The number of thiazole rings is 1. The van der Waals surface area contributed by atoms with Crippen LogP contribution in [0.15, 0.2) is 35.1 Å². The largest absolute Gasteiger partial charge is 0.244 e. The van der Waals surface area contributed by atoms with Crippen molar-refractivity contribution in [2.45, 2.75) is 6.92 Å². The molecule has 2 aromatic heterocycles. The van der Waals surface area contributed by atoms with E-state index in [9.17, 15) is 0 Å². The average molecular weight is 232 g/mol. The van der Waals surface area contributed by atoms with Crippen molar-refractivity contribution in [2.24, 2.45) is 0 Å². The van der Waals surface area contributed by atoms with Gasteiger partial charge in [-0.05, 0) is 23.9 Å². The molecule has 0 saturated heterocycles. The van der Waals surface area contributed by atoms with Gasteiger partial charge in [0, 0.05) is 10.1 Å². The van der Waals surface area contributed by atoms with Crippen molar-refractivity contribution in [3.8, 4) is 10.6 Å². The number of rotatable bonds is 1. The Bertz CT molecular complexity index is 654. The van der Waals surface area contributed by atoms with Crippen LogP contribution in [-0.4, -0.2) is 4.98 Å². The van der Waals surface area contributed by atoms with E-state index in [4.69, 9.17) is 1.37 Å². The summed E-state index contributed by atoms with van der Waals surface area (Å²) in [5.74, 6) is 0. The van der Waals surface area contributed by atoms with Gasteiger partial charge in [-0.25, -0.2) is 4.98 Å². The topological polar surface area (TPSA) is 12.9 Å². The monoisotopic (exact) mass is 232 g/mol. The normalized spacial score (nSPS) is 11.9. The van der Waals surface area contributed by atoms with Crippen LogP contribution >= 0.6 is 22.7 Å². The van der Waals surface area contributed by atoms with Crippen LogP contribution < -0.4 is 0 Å². The van der Waals surface area contributed by atoms with Crippen LogP contribution in [0.1, 0.15) is 6.93 Å². The van der Waals surface area contributed by atoms with Crippen LogP contribution in [0, 0.1) is 6.92 Å². The molecule has 0 fully saturated rings. The smallest absolute Gasteiger partial charge is 0.0960 e. The lowest BCUT2D eigenvalue weighted by Crippen LogP contribution is -1.74. The predicted octanol–water partition coefficient (Wildman–Crippen LogP) is 4.33. The summed E-state index contributed by atoms with van der Waals surface area (Å²) in [7, 11) is 0. The first-order valence-electron chi connectivity index (χ1n) is 5.16. The summed E-state index contributed by atoms with van der Waals surface area (Å²) in [5, 5.41) is 3.25. The van der Waals surface area contributed by atoms with Crippen molar-refractivity contribution in [3.05, 3.63) is 40.7 Å². The maximum Gasteiger partial charge on any atom is 0.0960 e. The maximum absolute atomic E-state index is 7.48. The third-order valence-electron chi connectivity index (χ3n) is 2.47. The summed E-state index contributed by atoms with van der Waals surface area (Å²) < 4.78 is 8.77. The number of aromatic nitrogens is 1. The number of fused-ring (bicyclic) bond motifs is 1. The Kier molecular flexibility index (Phi) is 1.84. The highest BCUT2D eigenvalue weighted by Crippen LogP contribution is 2.37. The van der Waals surface area contributed by atoms with Crippen molar-refractivity contribution < 1.29 is 1.37 Å². The lowest BCUT2D eigenvalue weighted by molar-refractivity contribution is 1.41. The van der Waals surface area contributed by atoms with Crippen LogP contribution in [0.5, 0.6) is 0 Å². The number of hydrogen-bond donors (Lipinski definition) is 0. The molecule has 2 heterocycles. The van der Waals surface area contributed by atoms with Gasteiger partial charge in [0.15, 0.2) is 0 Å². The zero-order chi connectivity index (χ0) is 11.1. The second-order valence-corrected chi connectivity index (χ2v) is 5.08. The number of nitrogens with zero attached hydrogens (tertiary/aromatic N) is 1. The Labute approximate surface area is 97.4 Å². The van der Waals surface area contributed by atoms with E-state index >= 15 is 0 Å². The number of thiophene rings is 1. The highest BCUT2D eigenvalue weighted by Gasteiger charge is 2.10. The zero-order valence-corrected chi connectivity index (χ0v) is 9.78. The van der Waals surface area contributed by atoms with Crippen molar-refractivity contribution >= 4 is 32.8 Å². The van der Waals surface area contributed by atoms with E-state index < -0.39 is 0 Å². The standard InChI is InChI=1S/C12H9NS2/c1-8-9-4-2-3-5-11(9)15-12(8)10-6-14-7-13-10/h2-7H,1H3/i7D. The Hall–Kier alpha value is -1.19. The molecule has 1 aromatic carbocycles. The minimum atomic E-state index is 0.381. The molecule has 3 aromatic rings. The highest BCUT2D eigenvalue weighted by atomic mass is 32.1. The Morgan fingerprint density at radius 2 is 2.20 bits per heavy atom. The predicted molar refractivity (Wildman–Crippen MR) is 67.7 cm³/mol. The highest BCUT2D eigenvalue weighted by molar-refractivity contribution is 7.22. The fourth-order valence-electron chi connectivity index (χ4n) is 1.71. The van der Waals surface area contributed by atoms with Crippen molar-refractivity contribution in [2.75, 3.05) is 0 Å². The van der Waals surface area contributed by atoms with E-state index in [1.807, 2.05) is 5.38 Å². The molecule has 0 aliphatic heterocycles. The summed E-state index contributed by atoms with van der Waals surface area (Å²) >= 11 is 3.13. The molecule has 0 aliphatic carbocycles. The second kappa shape index (κ2) is 3.43. The number of benzene rings is 1. The Balaban J connectivity index is 2.28. The molecule has 1 nitrogen and oxygen atoms in total. The number of aryl methyl sites for hydroxylation is 1. The van der Waals surface area contributed by atoms with Gasteiger partial charge >= 0.3 is 0 Å². The fraction of sp³-hybridized carbons (Fsp3) is 0.0833. The Morgan fingerprint density at radius 1 is 1.33 bits per heavy atom. The SMILES string of the molecule is [2H]c1nc(-c2sc3ccccc3c2C)cs1. The third-order valence-corrected chi connectivity index (χ3v) is 4.30. The van der Waals surface area contributed by atoms with Gasteiger partial charge in [0.25, 0.3) is 0 Å². The van der Waals surface area contributed by atoms with E-state index in [0.717, 1.165) is 5.69 Å². The lowest BCUT2D eigenvalue weighted by Gasteiger charge is -1.92. The molecule has 0 amide bonds. The maximum atomic E-state index is 7.48. The first-order valence-corrected chi connectivity index (χ1v) is 6.36. The molecule has 0 unspecified atom stereocenters. The molecule has 0 aliphatic rings. The van der Waals surface area contributed by atoms with Crippen molar-refractivity contribution in [1.82, 2.24) is 4.98 Å². The van der Waals surface area contributed by atoms with E-state index in [-0.39, 0.29) is 0 Å². The van der Waals surface area contributed by atoms with Gasteiger partial charge in [-0.2, -0.15) is 0 Å². The molecule has 0 atom stereocenters. The summed E-state index contributed by atoms with van der Waals surface area (Å²) in [6.45, 7) is 2.12. The average Bonchev–Trinajstić information content (AvgIpc) is 2.84. The zero-order valence-electron chi connectivity index (χ0n) is 9.15. The summed E-state index contributed by atoms with van der Waals surface area (Å²) in [5.41, 5.74) is 2.59. The van der Waals surface area contributed by atoms with E-state index in [2.05, 4.69) is 36.2 Å². The minimum absolute atomic E-state index is 0.381. The van der Waals surface area contributed by atoms with Gasteiger partial charge in [-0.3, -0.25) is 0 Å². The van der Waals surface area contributed by atoms with Gasteiger partial charge in [-0.15, -0.1) is 22.7 Å². The van der Waals surface area contributed by atoms with Crippen LogP contribution in [0.25, 0.3) is 20.7 Å². The molecule has 0 bridgehead atoms. The summed E-state index contributed by atoms with van der Waals surface area (Å²) in [6.07, 6.45) is 0. The van der Waals surface area contributed by atoms with Gasteiger partial charge < -0.3 is 0 Å². The van der Waals surface area contributed by atoms with Crippen LogP contribution in [0.2, 0.25) is 0 Å². The molecular weight excluding hydrogens is 222 g/mol. The molecule has 74 valence electrons. The van der Waals surface area contributed by atoms with Gasteiger partial charge in [0.05, 0.1) is 17.4 Å². The third kappa shape index (κ3) is 1.39. The van der Waals surface area contributed by atoms with Gasteiger partial charge in [0.1, 0.15) is 0 Å². The molecule has 0 saturated carbocycles. The molecule has 0 spiro atoms. The van der Waals surface area contributed by atoms with Crippen molar-refractivity contribution in [1.29, 1.82) is 0 Å². The Morgan fingerprint density at radius 3 is 2.93 bits per heavy atom. The molecule has 0 N–H and O–H groups in total. The summed E-state index contributed by atoms with van der Waals surface area (Å²) in [4.78, 5) is 5.42. The van der Waals surface area contributed by atoms with Gasteiger partial charge in [0.2, 0.25) is 0 Å². The van der Waals surface area contributed by atoms with Crippen LogP contribution in [-0.2, 0) is 0 Å². The quantitative estimate of drug-likeness (QED) is 0.608. The van der Waals surface area contributed by atoms with Gasteiger partial charge in [-0.1, -0.05) is 18.2 Å². The van der Waals surface area contributed by atoms with E-state index in [1.165, 1.54) is 31.9 Å². The molecule has 3 heteroatoms. The molecule has 0 radical (unpaired) electrons. The molecular formula is C12H9NS2. The first-order chi connectivity index (χ1) is 7.75. The van der Waals surface area contributed by atoms with Crippen LogP contribution in [0.4, 0.5) is 0 Å². The summed E-state index contributed by atoms with van der Waals surface area (Å²) in [6, 6.07) is 8.38. The number of hydrogen-bond acceptors (Lipinski definition) is 3. The minimum Gasteiger partial charge on any atom is -0.244 e. The van der Waals surface area contributed by atoms with Crippen molar-refractivity contribution in [3.63, 3.8) is 0 Å². The fourth-order valence-corrected chi connectivity index (χ4v) is 3.44.